The number of hydrogen-bond acceptors (Lipinski definition) is 9. The number of fused-ring (bicyclic) bond motifs is 3. The van der Waals surface area contributed by atoms with E-state index in [1.165, 1.54) is 7.11 Å². The predicted molar refractivity (Wildman–Crippen MR) is 143 cm³/mol. The van der Waals surface area contributed by atoms with Crippen molar-refractivity contribution >= 4 is 0 Å². The fourth-order valence-electron chi connectivity index (χ4n) is 7.13. The van der Waals surface area contributed by atoms with E-state index < -0.39 is 29.0 Å². The first-order valence-electron chi connectivity index (χ1n) is 13.4. The maximum Gasteiger partial charge on any atom is 0.224 e. The Balaban J connectivity index is 1.67. The molecule has 1 aromatic heterocycles. The number of aliphatic hydroxyl groups is 2. The monoisotopic (exact) mass is 538 g/mol. The second-order valence-corrected chi connectivity index (χ2v) is 10.5. The summed E-state index contributed by atoms with van der Waals surface area (Å²) < 4.78 is 18.2. The summed E-state index contributed by atoms with van der Waals surface area (Å²) >= 11 is 0. The van der Waals surface area contributed by atoms with Gasteiger partial charge in [0.05, 0.1) is 37.5 Å². The van der Waals surface area contributed by atoms with E-state index in [1.807, 2.05) is 42.5 Å². The third-order valence-electron chi connectivity index (χ3n) is 8.77. The molecule has 0 radical (unpaired) electrons. The minimum Gasteiger partial charge on any atom is -0.481 e. The Bertz CT molecular complexity index is 1480. The molecule has 2 fully saturated rings. The van der Waals surface area contributed by atoms with E-state index in [2.05, 4.69) is 22.0 Å². The molecular weight excluding hydrogens is 508 g/mol. The number of pyridine rings is 1. The zero-order valence-corrected chi connectivity index (χ0v) is 22.2. The van der Waals surface area contributed by atoms with Gasteiger partial charge in [0.25, 0.3) is 0 Å². The molecule has 2 aromatic carbocycles. The van der Waals surface area contributed by atoms with Crippen LogP contribution in [0, 0.1) is 34.5 Å². The molecule has 1 aliphatic carbocycles. The van der Waals surface area contributed by atoms with Crippen LogP contribution in [0.15, 0.2) is 60.7 Å². The maximum absolute atomic E-state index is 13.4. The zero-order valence-electron chi connectivity index (χ0n) is 22.2. The van der Waals surface area contributed by atoms with Gasteiger partial charge in [-0.05, 0) is 23.3 Å². The fraction of sp³-hybridized carbons (Fsp3) is 0.387. The Morgan fingerprint density at radius 2 is 1.80 bits per heavy atom. The summed E-state index contributed by atoms with van der Waals surface area (Å²) in [4.78, 5) is 6.65. The third kappa shape index (κ3) is 3.71. The van der Waals surface area contributed by atoms with Crippen LogP contribution in [-0.2, 0) is 15.9 Å². The van der Waals surface area contributed by atoms with E-state index in [-0.39, 0.29) is 18.2 Å². The summed E-state index contributed by atoms with van der Waals surface area (Å²) in [5.74, 6) is -0.991. The van der Waals surface area contributed by atoms with Crippen LogP contribution in [0.2, 0.25) is 0 Å². The van der Waals surface area contributed by atoms with Gasteiger partial charge in [-0.2, -0.15) is 10.5 Å². The number of benzene rings is 2. The number of nitrogens with zero attached hydrogens (tertiary/aromatic N) is 4. The van der Waals surface area contributed by atoms with Crippen LogP contribution >= 0.6 is 0 Å². The lowest BCUT2D eigenvalue weighted by atomic mass is 9.70. The Labute approximate surface area is 232 Å². The average Bonchev–Trinajstić information content (AvgIpc) is 3.39. The van der Waals surface area contributed by atoms with Crippen molar-refractivity contribution in [1.29, 1.82) is 10.5 Å². The van der Waals surface area contributed by atoms with Crippen LogP contribution in [0.1, 0.15) is 33.9 Å². The molecule has 0 unspecified atom stereocenters. The number of aliphatic hydroxyl groups excluding tert-OH is 1. The average molecular weight is 539 g/mol. The SMILES string of the molecule is COc1nc(C#N)cc2c1[C@]1(O)[C@@H](CN3CCOCC3)[C@H](CO)[C@@H](c3ccccc3)[C@]1(c1ccc(C#N)cc1)O2. The van der Waals surface area contributed by atoms with Gasteiger partial charge in [0, 0.05) is 50.1 Å². The Hall–Kier alpha value is -3.99. The van der Waals surface area contributed by atoms with Crippen molar-refractivity contribution in [2.24, 2.45) is 11.8 Å². The minimum absolute atomic E-state index is 0.105. The summed E-state index contributed by atoms with van der Waals surface area (Å²) in [7, 11) is 1.46. The van der Waals surface area contributed by atoms with Crippen molar-refractivity contribution in [2.75, 3.05) is 46.6 Å². The largest absolute Gasteiger partial charge is 0.481 e. The Morgan fingerprint density at radius 1 is 1.07 bits per heavy atom. The summed E-state index contributed by atoms with van der Waals surface area (Å²) in [5, 5.41) is 43.6. The topological polar surface area (TPSA) is 132 Å². The van der Waals surface area contributed by atoms with Crippen molar-refractivity contribution in [3.05, 3.63) is 88.6 Å². The van der Waals surface area contributed by atoms with E-state index >= 15 is 0 Å². The van der Waals surface area contributed by atoms with Gasteiger partial charge >= 0.3 is 0 Å². The quantitative estimate of drug-likeness (QED) is 0.486. The summed E-state index contributed by atoms with van der Waals surface area (Å²) in [5.41, 5.74) is -0.630. The molecule has 0 spiro atoms. The van der Waals surface area contributed by atoms with Gasteiger partial charge in [-0.15, -0.1) is 0 Å². The van der Waals surface area contributed by atoms with Gasteiger partial charge in [0.1, 0.15) is 23.1 Å². The number of methoxy groups -OCH3 is 1. The molecular formula is C31H30N4O5. The molecule has 204 valence electrons. The van der Waals surface area contributed by atoms with E-state index in [4.69, 9.17) is 14.2 Å². The molecule has 3 aliphatic rings. The smallest absolute Gasteiger partial charge is 0.224 e. The molecule has 9 heteroatoms. The lowest BCUT2D eigenvalue weighted by Gasteiger charge is -2.42. The normalized spacial score (nSPS) is 29.1. The van der Waals surface area contributed by atoms with Gasteiger partial charge < -0.3 is 24.4 Å². The van der Waals surface area contributed by atoms with Gasteiger partial charge in [-0.1, -0.05) is 42.5 Å². The van der Waals surface area contributed by atoms with Crippen LogP contribution in [0.25, 0.3) is 0 Å². The molecule has 9 nitrogen and oxygen atoms in total. The lowest BCUT2D eigenvalue weighted by Crippen LogP contribution is -2.53. The molecule has 2 N–H and O–H groups in total. The fourth-order valence-corrected chi connectivity index (χ4v) is 7.13. The molecule has 40 heavy (non-hydrogen) atoms. The predicted octanol–water partition coefficient (Wildman–Crippen LogP) is 2.66. The van der Waals surface area contributed by atoms with E-state index in [0.29, 0.717) is 55.3 Å². The van der Waals surface area contributed by atoms with Gasteiger partial charge in [-0.3, -0.25) is 4.90 Å². The molecule has 5 atom stereocenters. The molecule has 0 bridgehead atoms. The summed E-state index contributed by atoms with van der Waals surface area (Å²) in [6, 6.07) is 22.6. The van der Waals surface area contributed by atoms with Crippen molar-refractivity contribution in [3.63, 3.8) is 0 Å². The highest BCUT2D eigenvalue weighted by Gasteiger charge is 2.76. The maximum atomic E-state index is 13.4. The Morgan fingerprint density at radius 3 is 2.42 bits per heavy atom. The highest BCUT2D eigenvalue weighted by atomic mass is 16.5. The number of aromatic nitrogens is 1. The summed E-state index contributed by atoms with van der Waals surface area (Å²) in [6.07, 6.45) is 0. The van der Waals surface area contributed by atoms with Crippen LogP contribution in [0.3, 0.4) is 0 Å². The first kappa shape index (κ1) is 26.2. The summed E-state index contributed by atoms with van der Waals surface area (Å²) in [6.45, 7) is 2.84. The van der Waals surface area contributed by atoms with Crippen molar-refractivity contribution < 1.29 is 24.4 Å². The van der Waals surface area contributed by atoms with Crippen LogP contribution in [0.4, 0.5) is 0 Å². The van der Waals surface area contributed by atoms with Crippen LogP contribution in [0.5, 0.6) is 11.6 Å². The molecule has 3 heterocycles. The number of ether oxygens (including phenoxy) is 3. The third-order valence-corrected chi connectivity index (χ3v) is 8.77. The van der Waals surface area contributed by atoms with Gasteiger partial charge in [0.2, 0.25) is 5.88 Å². The second kappa shape index (κ2) is 10.2. The first-order chi connectivity index (χ1) is 19.5. The van der Waals surface area contributed by atoms with Crippen LogP contribution in [-0.4, -0.2) is 66.7 Å². The second-order valence-electron chi connectivity index (χ2n) is 10.5. The zero-order chi connectivity index (χ0) is 27.9. The number of morpholine rings is 1. The van der Waals surface area contributed by atoms with Crippen LogP contribution < -0.4 is 9.47 Å². The Kier molecular flexibility index (Phi) is 6.69. The molecule has 3 aromatic rings. The van der Waals surface area contributed by atoms with Gasteiger partial charge in [-0.25, -0.2) is 4.98 Å². The van der Waals surface area contributed by atoms with E-state index in [9.17, 15) is 20.7 Å². The molecule has 0 amide bonds. The molecule has 2 aliphatic heterocycles. The highest BCUT2D eigenvalue weighted by molar-refractivity contribution is 5.60. The first-order valence-corrected chi connectivity index (χ1v) is 13.4. The van der Waals surface area contributed by atoms with E-state index in [1.54, 1.807) is 18.2 Å². The number of hydrogen-bond donors (Lipinski definition) is 2. The van der Waals surface area contributed by atoms with Crippen molar-refractivity contribution in [3.8, 4) is 23.8 Å². The standard InChI is InChI=1S/C31H30N4O5/c1-38-29-28-26(15-23(17-33)34-29)40-31(22-9-7-20(16-32)8-10-22)27(21-5-3-2-4-6-21)24(19-36)25(30(28,31)37)18-35-11-13-39-14-12-35/h2-10,15,24-25,27,36-37H,11-14,18-19H2,1H3/t24-,25-,27+,30+,31-/m0/s1. The number of rotatable bonds is 6. The van der Waals surface area contributed by atoms with E-state index in [0.717, 1.165) is 5.56 Å². The number of nitriles is 2. The molecule has 6 rings (SSSR count). The molecule has 1 saturated heterocycles. The minimum atomic E-state index is -1.71. The van der Waals surface area contributed by atoms with Crippen molar-refractivity contribution in [1.82, 2.24) is 9.88 Å². The van der Waals surface area contributed by atoms with Gasteiger partial charge in [0.15, 0.2) is 5.60 Å². The van der Waals surface area contributed by atoms with Crippen molar-refractivity contribution in [2.45, 2.75) is 17.1 Å². The highest BCUT2D eigenvalue weighted by Crippen LogP contribution is 2.71. The molecule has 1 saturated carbocycles. The lowest BCUT2D eigenvalue weighted by molar-refractivity contribution is -0.135.